The van der Waals surface area contributed by atoms with Crippen LogP contribution in [0.25, 0.3) is 0 Å². The van der Waals surface area contributed by atoms with Crippen molar-refractivity contribution in [2.24, 2.45) is 0 Å². The zero-order chi connectivity index (χ0) is 56.4. The second-order valence-electron chi connectivity index (χ2n) is 24.2. The minimum atomic E-state index is -0.850. The lowest BCUT2D eigenvalue weighted by Crippen LogP contribution is -2.45. The van der Waals surface area contributed by atoms with Crippen LogP contribution in [0.1, 0.15) is 386 Å². The van der Waals surface area contributed by atoms with E-state index < -0.39 is 12.1 Å². The molecule has 0 aromatic rings. The Labute approximate surface area is 487 Å². The summed E-state index contributed by atoms with van der Waals surface area (Å²) in [4.78, 5) is 24.6. The van der Waals surface area contributed by atoms with Crippen LogP contribution in [0, 0.1) is 0 Å². The van der Waals surface area contributed by atoms with Crippen LogP contribution < -0.4 is 5.32 Å². The standard InChI is InChI=1S/C72H137NO5/c1-3-5-7-9-11-13-15-17-19-21-23-29-32-36-40-44-48-52-56-60-64-70(75)69(68-74)73-71(76)65-61-57-53-49-45-41-37-33-30-27-25-24-26-28-31-35-39-43-47-51-55-59-63-67-78-72(77)66-62-58-54-50-46-42-38-34-22-20-18-16-14-12-10-8-6-4-2/h20,22,27,30,60,64,69-70,74-75H,3-19,21,23-26,28-29,31-59,61-63,65-68H2,1-2H3,(H,73,76)/b22-20-,30-27-,64-60+. The highest BCUT2D eigenvalue weighted by atomic mass is 16.5. The van der Waals surface area contributed by atoms with Crippen LogP contribution in [-0.2, 0) is 14.3 Å². The number of allylic oxidation sites excluding steroid dienone is 5. The number of hydrogen-bond donors (Lipinski definition) is 3. The minimum absolute atomic E-state index is 0.00863. The molecular weight excluding hydrogens is 959 g/mol. The average Bonchev–Trinajstić information content (AvgIpc) is 3.44. The molecule has 3 N–H and O–H groups in total. The summed E-state index contributed by atoms with van der Waals surface area (Å²) in [6, 6.07) is -0.634. The predicted molar refractivity (Wildman–Crippen MR) is 343 cm³/mol. The number of amides is 1. The van der Waals surface area contributed by atoms with E-state index in [1.54, 1.807) is 6.08 Å². The molecule has 0 heterocycles. The van der Waals surface area contributed by atoms with Gasteiger partial charge in [-0.25, -0.2) is 0 Å². The van der Waals surface area contributed by atoms with Crippen LogP contribution in [-0.4, -0.2) is 47.4 Å². The second kappa shape index (κ2) is 67.6. The molecule has 6 nitrogen and oxygen atoms in total. The van der Waals surface area contributed by atoms with E-state index >= 15 is 0 Å². The molecule has 6 heteroatoms. The van der Waals surface area contributed by atoms with Crippen molar-refractivity contribution < 1.29 is 24.5 Å². The van der Waals surface area contributed by atoms with Gasteiger partial charge < -0.3 is 20.3 Å². The Kier molecular flexibility index (Phi) is 65.9. The molecule has 0 radical (unpaired) electrons. The molecule has 0 aromatic heterocycles. The van der Waals surface area contributed by atoms with Crippen LogP contribution in [0.2, 0.25) is 0 Å². The second-order valence-corrected chi connectivity index (χ2v) is 24.2. The van der Waals surface area contributed by atoms with Gasteiger partial charge in [-0.1, -0.05) is 326 Å². The Morgan fingerprint density at radius 2 is 0.603 bits per heavy atom. The first-order valence-corrected chi connectivity index (χ1v) is 35.3. The SMILES string of the molecule is CCCCCCCCC/C=C\CCCCCCCCCC(=O)OCCCCCCCCCCCCCC/C=C\CCCCCCCCCC(=O)NC(CO)C(O)/C=C/CCCCCCCCCCCCCCCCCCCC. The molecule has 0 aliphatic carbocycles. The Morgan fingerprint density at radius 3 is 0.910 bits per heavy atom. The largest absolute Gasteiger partial charge is 0.466 e. The highest BCUT2D eigenvalue weighted by molar-refractivity contribution is 5.76. The summed E-state index contributed by atoms with van der Waals surface area (Å²) in [5.41, 5.74) is 0. The number of nitrogens with one attached hydrogen (secondary N) is 1. The molecule has 2 unspecified atom stereocenters. The Morgan fingerprint density at radius 1 is 0.346 bits per heavy atom. The molecule has 78 heavy (non-hydrogen) atoms. The first-order valence-electron chi connectivity index (χ1n) is 35.3. The number of ether oxygens (including phenoxy) is 1. The smallest absolute Gasteiger partial charge is 0.305 e. The fourth-order valence-electron chi connectivity index (χ4n) is 11.0. The van der Waals surface area contributed by atoms with Gasteiger partial charge in [-0.05, 0) is 83.5 Å². The Hall–Kier alpha value is -1.92. The fourth-order valence-corrected chi connectivity index (χ4v) is 11.0. The van der Waals surface area contributed by atoms with Crippen molar-refractivity contribution in [2.75, 3.05) is 13.2 Å². The molecule has 0 fully saturated rings. The van der Waals surface area contributed by atoms with Crippen molar-refractivity contribution in [2.45, 2.75) is 398 Å². The van der Waals surface area contributed by atoms with E-state index in [9.17, 15) is 19.8 Å². The van der Waals surface area contributed by atoms with Crippen LogP contribution >= 0.6 is 0 Å². The molecule has 460 valence electrons. The Bertz CT molecular complexity index is 1260. The van der Waals surface area contributed by atoms with Gasteiger partial charge in [-0.15, -0.1) is 0 Å². The zero-order valence-corrected chi connectivity index (χ0v) is 52.7. The van der Waals surface area contributed by atoms with E-state index in [1.165, 1.54) is 308 Å². The average molecular weight is 1100 g/mol. The van der Waals surface area contributed by atoms with Gasteiger partial charge >= 0.3 is 5.97 Å². The maximum atomic E-state index is 12.5. The molecule has 0 saturated heterocycles. The first-order chi connectivity index (χ1) is 38.5. The van der Waals surface area contributed by atoms with Crippen molar-refractivity contribution in [1.82, 2.24) is 5.32 Å². The molecule has 0 aliphatic rings. The first kappa shape index (κ1) is 76.1. The van der Waals surface area contributed by atoms with Gasteiger partial charge in [-0.3, -0.25) is 9.59 Å². The molecular formula is C72H137NO5. The van der Waals surface area contributed by atoms with Gasteiger partial charge in [0.25, 0.3) is 0 Å². The van der Waals surface area contributed by atoms with E-state index in [4.69, 9.17) is 4.74 Å². The summed E-state index contributed by atoms with van der Waals surface area (Å²) in [5, 5.41) is 23.2. The van der Waals surface area contributed by atoms with E-state index in [-0.39, 0.29) is 18.5 Å². The van der Waals surface area contributed by atoms with Gasteiger partial charge in [0, 0.05) is 12.8 Å². The third-order valence-electron chi connectivity index (χ3n) is 16.4. The molecule has 2 atom stereocenters. The molecule has 0 rings (SSSR count). The summed E-state index contributed by atoms with van der Waals surface area (Å²) >= 11 is 0. The number of carbonyl (C=O) groups excluding carboxylic acids is 2. The lowest BCUT2D eigenvalue weighted by atomic mass is 10.0. The van der Waals surface area contributed by atoms with Gasteiger partial charge in [0.05, 0.1) is 25.4 Å². The van der Waals surface area contributed by atoms with Crippen molar-refractivity contribution in [3.05, 3.63) is 36.5 Å². The van der Waals surface area contributed by atoms with Crippen LogP contribution in [0.3, 0.4) is 0 Å². The van der Waals surface area contributed by atoms with Gasteiger partial charge in [0.1, 0.15) is 0 Å². The topological polar surface area (TPSA) is 95.9 Å². The molecule has 0 saturated carbocycles. The van der Waals surface area contributed by atoms with Gasteiger partial charge in [-0.2, -0.15) is 0 Å². The summed E-state index contributed by atoms with van der Waals surface area (Å²) < 4.78 is 5.50. The van der Waals surface area contributed by atoms with E-state index in [2.05, 4.69) is 43.5 Å². The van der Waals surface area contributed by atoms with Gasteiger partial charge in [0.2, 0.25) is 5.91 Å². The molecule has 0 bridgehead atoms. The van der Waals surface area contributed by atoms with Crippen molar-refractivity contribution >= 4 is 11.9 Å². The van der Waals surface area contributed by atoms with Crippen molar-refractivity contribution in [1.29, 1.82) is 0 Å². The van der Waals surface area contributed by atoms with Crippen molar-refractivity contribution in [3.63, 3.8) is 0 Å². The van der Waals surface area contributed by atoms with Crippen LogP contribution in [0.15, 0.2) is 36.5 Å². The fraction of sp³-hybridized carbons (Fsp3) is 0.889. The predicted octanol–water partition coefficient (Wildman–Crippen LogP) is 22.7. The lowest BCUT2D eigenvalue weighted by molar-refractivity contribution is -0.143. The van der Waals surface area contributed by atoms with Crippen LogP contribution in [0.5, 0.6) is 0 Å². The third-order valence-corrected chi connectivity index (χ3v) is 16.4. The lowest BCUT2D eigenvalue weighted by Gasteiger charge is -2.20. The summed E-state index contributed by atoms with van der Waals surface area (Å²) in [5.74, 6) is -0.0625. The molecule has 0 aromatic carbocycles. The molecule has 0 aliphatic heterocycles. The summed E-state index contributed by atoms with van der Waals surface area (Å²) in [7, 11) is 0. The van der Waals surface area contributed by atoms with Crippen LogP contribution in [0.4, 0.5) is 0 Å². The molecule has 1 amide bonds. The number of rotatable bonds is 66. The number of unbranched alkanes of at least 4 members (excludes halogenated alkanes) is 51. The maximum Gasteiger partial charge on any atom is 0.305 e. The maximum absolute atomic E-state index is 12.5. The van der Waals surface area contributed by atoms with E-state index in [0.29, 0.717) is 19.4 Å². The highest BCUT2D eigenvalue weighted by Crippen LogP contribution is 2.18. The third kappa shape index (κ3) is 63.3. The number of hydrogen-bond acceptors (Lipinski definition) is 5. The Balaban J connectivity index is 3.43. The molecule has 0 spiro atoms. The summed E-state index contributed by atoms with van der Waals surface area (Å²) in [6.45, 7) is 4.93. The van der Waals surface area contributed by atoms with E-state index in [0.717, 1.165) is 51.4 Å². The summed E-state index contributed by atoms with van der Waals surface area (Å²) in [6.07, 6.45) is 86.4. The van der Waals surface area contributed by atoms with E-state index in [1.807, 2.05) is 6.08 Å². The quantitative estimate of drug-likeness (QED) is 0.0320. The highest BCUT2D eigenvalue weighted by Gasteiger charge is 2.18. The number of carbonyl (C=O) groups is 2. The number of aliphatic hydroxyl groups is 2. The van der Waals surface area contributed by atoms with Gasteiger partial charge in [0.15, 0.2) is 0 Å². The van der Waals surface area contributed by atoms with Crippen molar-refractivity contribution in [3.8, 4) is 0 Å². The number of esters is 1. The zero-order valence-electron chi connectivity index (χ0n) is 52.7. The normalized spacial score (nSPS) is 12.7. The number of aliphatic hydroxyl groups excluding tert-OH is 2. The minimum Gasteiger partial charge on any atom is -0.466 e. The monoisotopic (exact) mass is 1100 g/mol.